The van der Waals surface area contributed by atoms with Gasteiger partial charge in [0.15, 0.2) is 0 Å². The summed E-state index contributed by atoms with van der Waals surface area (Å²) in [6.45, 7) is 3.61. The van der Waals surface area contributed by atoms with E-state index in [0.717, 1.165) is 31.6 Å². The van der Waals surface area contributed by atoms with Crippen LogP contribution in [0.4, 0.5) is 0 Å². The molecule has 2 N–H and O–H groups in total. The number of hydrogen-bond donors (Lipinski definition) is 2. The Morgan fingerprint density at radius 3 is 2.81 bits per heavy atom. The molecule has 0 amide bonds. The molecule has 3 nitrogen and oxygen atoms in total. The van der Waals surface area contributed by atoms with Crippen LogP contribution in [0.5, 0.6) is 0 Å². The van der Waals surface area contributed by atoms with E-state index in [9.17, 15) is 5.11 Å². The highest BCUT2D eigenvalue weighted by atomic mass is 16.5. The lowest BCUT2D eigenvalue weighted by molar-refractivity contribution is 0.0778. The van der Waals surface area contributed by atoms with Crippen LogP contribution in [0.25, 0.3) is 0 Å². The Labute approximate surface area is 96.4 Å². The SMILES string of the molecule is Cc1ccc(C(O)NCC2CCCO2)cc1. The predicted molar refractivity (Wildman–Crippen MR) is 63.1 cm³/mol. The van der Waals surface area contributed by atoms with Gasteiger partial charge in [0.05, 0.1) is 6.10 Å². The maximum atomic E-state index is 9.91. The molecule has 0 aromatic heterocycles. The maximum Gasteiger partial charge on any atom is 0.131 e. The van der Waals surface area contributed by atoms with Gasteiger partial charge in [-0.15, -0.1) is 0 Å². The van der Waals surface area contributed by atoms with Gasteiger partial charge in [0, 0.05) is 13.2 Å². The van der Waals surface area contributed by atoms with Crippen molar-refractivity contribution < 1.29 is 9.84 Å². The Balaban J connectivity index is 1.82. The summed E-state index contributed by atoms with van der Waals surface area (Å²) in [4.78, 5) is 0. The molecule has 16 heavy (non-hydrogen) atoms. The fraction of sp³-hybridized carbons (Fsp3) is 0.538. The summed E-state index contributed by atoms with van der Waals surface area (Å²) < 4.78 is 5.48. The standard InChI is InChI=1S/C13H19NO2/c1-10-4-6-11(7-5-10)13(15)14-9-12-3-2-8-16-12/h4-7,12-15H,2-3,8-9H2,1H3. The molecule has 88 valence electrons. The molecule has 2 rings (SSSR count). The van der Waals surface area contributed by atoms with Crippen molar-refractivity contribution in [2.24, 2.45) is 0 Å². The highest BCUT2D eigenvalue weighted by Gasteiger charge is 2.16. The van der Waals surface area contributed by atoms with E-state index >= 15 is 0 Å². The van der Waals surface area contributed by atoms with E-state index in [1.807, 2.05) is 31.2 Å². The number of rotatable bonds is 4. The minimum Gasteiger partial charge on any atom is -0.377 e. The Morgan fingerprint density at radius 1 is 1.44 bits per heavy atom. The lowest BCUT2D eigenvalue weighted by Gasteiger charge is -2.16. The Morgan fingerprint density at radius 2 is 2.19 bits per heavy atom. The fourth-order valence-corrected chi connectivity index (χ4v) is 1.91. The molecule has 0 saturated carbocycles. The van der Waals surface area contributed by atoms with Gasteiger partial charge in [-0.3, -0.25) is 5.32 Å². The van der Waals surface area contributed by atoms with Crippen molar-refractivity contribution in [1.82, 2.24) is 5.32 Å². The van der Waals surface area contributed by atoms with Crippen LogP contribution in [0.3, 0.4) is 0 Å². The van der Waals surface area contributed by atoms with Crippen molar-refractivity contribution >= 4 is 0 Å². The third-order valence-corrected chi connectivity index (χ3v) is 2.96. The Bertz CT molecular complexity index is 317. The molecule has 1 saturated heterocycles. The normalized spacial score (nSPS) is 22.2. The molecule has 1 aromatic rings. The number of nitrogens with one attached hydrogen (secondary N) is 1. The molecule has 1 aromatic carbocycles. The van der Waals surface area contributed by atoms with E-state index in [2.05, 4.69) is 5.32 Å². The molecule has 1 fully saturated rings. The summed E-state index contributed by atoms with van der Waals surface area (Å²) in [5.74, 6) is 0. The average molecular weight is 221 g/mol. The zero-order valence-electron chi connectivity index (χ0n) is 9.65. The van der Waals surface area contributed by atoms with Crippen molar-refractivity contribution in [2.45, 2.75) is 32.1 Å². The van der Waals surface area contributed by atoms with Crippen molar-refractivity contribution in [1.29, 1.82) is 0 Å². The first-order valence-corrected chi connectivity index (χ1v) is 5.85. The second-order valence-corrected chi connectivity index (χ2v) is 4.36. The third-order valence-electron chi connectivity index (χ3n) is 2.96. The predicted octanol–water partition coefficient (Wildman–Crippen LogP) is 1.75. The maximum absolute atomic E-state index is 9.91. The number of ether oxygens (including phenoxy) is 1. The number of aliphatic hydroxyl groups is 1. The van der Waals surface area contributed by atoms with Crippen LogP contribution in [-0.2, 0) is 4.74 Å². The van der Waals surface area contributed by atoms with Gasteiger partial charge < -0.3 is 9.84 Å². The number of aliphatic hydroxyl groups excluding tert-OH is 1. The molecule has 1 aliphatic heterocycles. The smallest absolute Gasteiger partial charge is 0.131 e. The third kappa shape index (κ3) is 3.04. The molecule has 0 spiro atoms. The molecule has 0 aliphatic carbocycles. The minimum absolute atomic E-state index is 0.264. The zero-order valence-corrected chi connectivity index (χ0v) is 9.65. The summed E-state index contributed by atoms with van der Waals surface area (Å²) in [5, 5.41) is 13.0. The van der Waals surface area contributed by atoms with E-state index in [0.29, 0.717) is 0 Å². The first kappa shape index (κ1) is 11.6. The highest BCUT2D eigenvalue weighted by Crippen LogP contribution is 2.14. The van der Waals surface area contributed by atoms with Crippen molar-refractivity contribution in [3.63, 3.8) is 0 Å². The number of benzene rings is 1. The van der Waals surface area contributed by atoms with Crippen LogP contribution in [0.1, 0.15) is 30.2 Å². The number of aryl methyl sites for hydroxylation is 1. The van der Waals surface area contributed by atoms with Crippen LogP contribution in [0.15, 0.2) is 24.3 Å². The summed E-state index contributed by atoms with van der Waals surface area (Å²) >= 11 is 0. The molecule has 0 radical (unpaired) electrons. The van der Waals surface area contributed by atoms with Crippen molar-refractivity contribution in [2.75, 3.05) is 13.2 Å². The Kier molecular flexibility index (Phi) is 3.93. The van der Waals surface area contributed by atoms with Crippen LogP contribution < -0.4 is 5.32 Å². The van der Waals surface area contributed by atoms with Crippen LogP contribution in [0, 0.1) is 6.92 Å². The monoisotopic (exact) mass is 221 g/mol. The topological polar surface area (TPSA) is 41.5 Å². The van der Waals surface area contributed by atoms with Gasteiger partial charge in [0.1, 0.15) is 6.23 Å². The molecule has 2 atom stereocenters. The van der Waals surface area contributed by atoms with Crippen LogP contribution >= 0.6 is 0 Å². The Hall–Kier alpha value is -0.900. The molecular formula is C13H19NO2. The highest BCUT2D eigenvalue weighted by molar-refractivity contribution is 5.22. The van der Waals surface area contributed by atoms with Gasteiger partial charge >= 0.3 is 0 Å². The first-order valence-electron chi connectivity index (χ1n) is 5.85. The van der Waals surface area contributed by atoms with Crippen molar-refractivity contribution in [3.8, 4) is 0 Å². The summed E-state index contributed by atoms with van der Waals surface area (Å²) in [7, 11) is 0. The van der Waals surface area contributed by atoms with E-state index in [4.69, 9.17) is 4.74 Å². The molecular weight excluding hydrogens is 202 g/mol. The van der Waals surface area contributed by atoms with E-state index in [1.165, 1.54) is 5.56 Å². The zero-order chi connectivity index (χ0) is 11.4. The quantitative estimate of drug-likeness (QED) is 0.761. The lowest BCUT2D eigenvalue weighted by atomic mass is 10.1. The van der Waals surface area contributed by atoms with Gasteiger partial charge in [-0.25, -0.2) is 0 Å². The summed E-state index contributed by atoms with van der Waals surface area (Å²) in [6, 6.07) is 7.91. The summed E-state index contributed by atoms with van der Waals surface area (Å²) in [5.41, 5.74) is 2.11. The van der Waals surface area contributed by atoms with E-state index in [-0.39, 0.29) is 6.10 Å². The second-order valence-electron chi connectivity index (χ2n) is 4.36. The molecule has 0 bridgehead atoms. The van der Waals surface area contributed by atoms with Gasteiger partial charge in [-0.1, -0.05) is 29.8 Å². The van der Waals surface area contributed by atoms with Gasteiger partial charge in [0.25, 0.3) is 0 Å². The molecule has 2 unspecified atom stereocenters. The van der Waals surface area contributed by atoms with Gasteiger partial charge in [0.2, 0.25) is 0 Å². The van der Waals surface area contributed by atoms with E-state index in [1.54, 1.807) is 0 Å². The van der Waals surface area contributed by atoms with Crippen LogP contribution in [-0.4, -0.2) is 24.4 Å². The largest absolute Gasteiger partial charge is 0.377 e. The number of hydrogen-bond acceptors (Lipinski definition) is 3. The van der Waals surface area contributed by atoms with E-state index < -0.39 is 6.23 Å². The molecule has 1 heterocycles. The fourth-order valence-electron chi connectivity index (χ4n) is 1.91. The van der Waals surface area contributed by atoms with Crippen molar-refractivity contribution in [3.05, 3.63) is 35.4 Å². The van der Waals surface area contributed by atoms with Gasteiger partial charge in [-0.2, -0.15) is 0 Å². The molecule has 3 heteroatoms. The van der Waals surface area contributed by atoms with Gasteiger partial charge in [-0.05, 0) is 25.3 Å². The van der Waals surface area contributed by atoms with Crippen LogP contribution in [0.2, 0.25) is 0 Å². The minimum atomic E-state index is -0.593. The average Bonchev–Trinajstić information content (AvgIpc) is 2.80. The second kappa shape index (κ2) is 5.43. The first-order chi connectivity index (χ1) is 7.75. The summed E-state index contributed by atoms with van der Waals surface area (Å²) in [6.07, 6.45) is 1.89. The molecule has 1 aliphatic rings. The lowest BCUT2D eigenvalue weighted by Crippen LogP contribution is -2.29.